The van der Waals surface area contributed by atoms with Gasteiger partial charge in [-0.3, -0.25) is 32.5 Å². The van der Waals surface area contributed by atoms with E-state index in [4.69, 9.17) is 32.3 Å². The minimum atomic E-state index is -4.96. The molecule has 0 aromatic rings. The Bertz CT molecular complexity index is 2600. The lowest BCUT2D eigenvalue weighted by atomic mass is 10.1. The molecule has 5 atom stereocenters. The van der Waals surface area contributed by atoms with E-state index in [1.807, 2.05) is 12.2 Å². The van der Waals surface area contributed by atoms with Crippen molar-refractivity contribution in [2.24, 2.45) is 0 Å². The quantitative estimate of drug-likeness (QED) is 0.0146. The SMILES string of the molecule is CC/C=C\C/C=C\C/C=C\C/C=C\C/C=C\C/C=C\CCCCCCCCCCC(=O)OCC(O)COP(=O)(O)OCC(O)COP(=O)(O)OCC(COC(=O)CCCCCCCCC/C=C\C/C=C\C/C=C\C/C=C\CCCCC)OC(=O)CCC/C=C\C/C=C\C/C=C\C/C=C\C/C=C\CC. The van der Waals surface area contributed by atoms with Gasteiger partial charge in [-0.05, 0) is 154 Å². The molecule has 0 saturated heterocycles. The number of ether oxygens (including phenoxy) is 3. The van der Waals surface area contributed by atoms with Gasteiger partial charge in [0.05, 0.1) is 26.4 Å². The molecule has 0 spiro atoms. The molecule has 0 aliphatic heterocycles. The zero-order valence-electron chi connectivity index (χ0n) is 63.7. The maximum Gasteiger partial charge on any atom is 0.472 e. The van der Waals surface area contributed by atoms with Crippen LogP contribution in [0.3, 0.4) is 0 Å². The molecule has 0 aliphatic rings. The second-order valence-corrected chi connectivity index (χ2v) is 28.3. The van der Waals surface area contributed by atoms with Crippen molar-refractivity contribution in [2.45, 2.75) is 296 Å². The van der Waals surface area contributed by atoms with Crippen molar-refractivity contribution >= 4 is 33.6 Å². The third-order valence-electron chi connectivity index (χ3n) is 15.6. The number of esters is 3. The average Bonchev–Trinajstić information content (AvgIpc) is 0.929. The minimum absolute atomic E-state index is 0.0168. The number of hydrogen-bond donors (Lipinski definition) is 4. The number of allylic oxidation sites excluding steroid dienone is 30. The van der Waals surface area contributed by atoms with E-state index in [1.54, 1.807) is 0 Å². The van der Waals surface area contributed by atoms with Gasteiger partial charge in [0.25, 0.3) is 0 Å². The van der Waals surface area contributed by atoms with Crippen LogP contribution in [-0.4, -0.2) is 95.9 Å². The van der Waals surface area contributed by atoms with Gasteiger partial charge >= 0.3 is 33.6 Å². The fourth-order valence-electron chi connectivity index (χ4n) is 9.71. The fraction of sp³-hybridized carbons (Fsp3) is 0.612. The summed E-state index contributed by atoms with van der Waals surface area (Å²) in [5, 5.41) is 20.6. The van der Waals surface area contributed by atoms with Crippen LogP contribution in [0.1, 0.15) is 278 Å². The third-order valence-corrected chi connectivity index (χ3v) is 17.5. The molecule has 4 N–H and O–H groups in total. The van der Waals surface area contributed by atoms with Crippen LogP contribution in [0.5, 0.6) is 0 Å². The van der Waals surface area contributed by atoms with Gasteiger partial charge < -0.3 is 34.2 Å². The molecule has 0 rings (SSSR count). The van der Waals surface area contributed by atoms with Gasteiger partial charge in [-0.25, -0.2) is 9.13 Å². The Morgan fingerprint density at radius 2 is 0.524 bits per heavy atom. The summed E-state index contributed by atoms with van der Waals surface area (Å²) in [5.74, 6) is -1.68. The predicted molar refractivity (Wildman–Crippen MR) is 426 cm³/mol. The normalized spacial score (nSPS) is 15.0. The predicted octanol–water partition coefficient (Wildman–Crippen LogP) is 23.0. The zero-order chi connectivity index (χ0) is 75.2. The maximum atomic E-state index is 13.0. The molecule has 0 bridgehead atoms. The summed E-state index contributed by atoms with van der Waals surface area (Å²) >= 11 is 0. The van der Waals surface area contributed by atoms with Gasteiger partial charge in [0.2, 0.25) is 0 Å². The number of hydrogen-bond acceptors (Lipinski definition) is 14. The molecule has 103 heavy (non-hydrogen) atoms. The lowest BCUT2D eigenvalue weighted by Gasteiger charge is -2.21. The van der Waals surface area contributed by atoms with Crippen molar-refractivity contribution in [3.8, 4) is 0 Å². The highest BCUT2D eigenvalue weighted by molar-refractivity contribution is 7.47. The van der Waals surface area contributed by atoms with Crippen molar-refractivity contribution < 1.29 is 75.8 Å². The number of phosphoric acid groups is 2. The molecule has 0 amide bonds. The van der Waals surface area contributed by atoms with E-state index in [9.17, 15) is 43.5 Å². The van der Waals surface area contributed by atoms with Gasteiger partial charge in [0.15, 0.2) is 6.10 Å². The van der Waals surface area contributed by atoms with Gasteiger partial charge in [-0.1, -0.05) is 287 Å². The van der Waals surface area contributed by atoms with Crippen molar-refractivity contribution in [3.63, 3.8) is 0 Å². The first kappa shape index (κ1) is 97.7. The number of unbranched alkanes of at least 4 members (excludes halogenated alkanes) is 19. The fourth-order valence-corrected chi connectivity index (χ4v) is 11.3. The Labute approximate surface area is 624 Å². The first-order chi connectivity index (χ1) is 50.2. The van der Waals surface area contributed by atoms with Crippen LogP contribution in [0.4, 0.5) is 0 Å². The molecule has 584 valence electrons. The van der Waals surface area contributed by atoms with E-state index in [2.05, 4.69) is 191 Å². The molecular weight excluding hydrogens is 1340 g/mol. The standard InChI is InChI=1S/C85H138O16P2/c1-4-7-10-13-16-19-22-25-28-31-33-35-37-38-39-40-42-44-45-48-50-53-56-59-62-65-68-71-83(88)95-74-80(86)75-97-102(91,92)98-76-81(87)77-99-103(93,94)100-79-82(101-85(90)73-70-67-64-61-58-55-52-47-30-27-24-21-18-15-12-9-6-3)78-96-84(89)72-69-66-63-60-57-54-51-49-46-43-41-36-34-32-29-26-23-20-17-14-11-8-5-2/h7,9-10,12,16-21,25-30,33-36,38-39,42-44,46,52,55,61,64,80-82,86-87H,4-6,8,11,13-15,22-24,31-32,37,40-41,45,47-51,53-54,56-60,62-63,65-79H2,1-3H3,(H,91,92)(H,93,94)/b10-7-,12-9-,19-16-,20-17-,21-18-,28-25-,29-26-,30-27-,35-33-,36-34-,39-38-,44-42-,46-43-,55-52-,64-61-. The molecule has 0 aromatic heterocycles. The van der Waals surface area contributed by atoms with E-state index in [1.165, 1.54) is 44.9 Å². The topological polar surface area (TPSA) is 231 Å². The minimum Gasteiger partial charge on any atom is -0.463 e. The Hall–Kier alpha value is -5.35. The molecule has 0 fully saturated rings. The zero-order valence-corrected chi connectivity index (χ0v) is 65.5. The molecule has 0 aliphatic carbocycles. The Kier molecular flexibility index (Phi) is 72.3. The van der Waals surface area contributed by atoms with E-state index in [0.29, 0.717) is 25.7 Å². The molecule has 18 heteroatoms. The number of phosphoric ester groups is 2. The first-order valence-electron chi connectivity index (χ1n) is 39.1. The van der Waals surface area contributed by atoms with E-state index in [-0.39, 0.29) is 19.3 Å². The molecule has 0 heterocycles. The molecule has 0 aromatic carbocycles. The summed E-state index contributed by atoms with van der Waals surface area (Å²) in [6, 6.07) is 0. The highest BCUT2D eigenvalue weighted by atomic mass is 31.2. The molecular formula is C85H138O16P2. The Morgan fingerprint density at radius 1 is 0.282 bits per heavy atom. The van der Waals surface area contributed by atoms with Crippen LogP contribution in [0, 0.1) is 0 Å². The molecule has 5 unspecified atom stereocenters. The highest BCUT2D eigenvalue weighted by Crippen LogP contribution is 2.45. The van der Waals surface area contributed by atoms with E-state index in [0.717, 1.165) is 167 Å². The average molecular weight is 1480 g/mol. The summed E-state index contributed by atoms with van der Waals surface area (Å²) in [5.41, 5.74) is 0. The molecule has 0 saturated carbocycles. The van der Waals surface area contributed by atoms with Crippen molar-refractivity contribution in [2.75, 3.05) is 39.6 Å². The summed E-state index contributed by atoms with van der Waals surface area (Å²) in [6.45, 7) is 2.31. The number of carbonyl (C=O) groups is 3. The van der Waals surface area contributed by atoms with Crippen molar-refractivity contribution in [3.05, 3.63) is 182 Å². The Balaban J connectivity index is 4.69. The number of rotatable bonds is 72. The van der Waals surface area contributed by atoms with Crippen LogP contribution in [0.2, 0.25) is 0 Å². The maximum absolute atomic E-state index is 13.0. The first-order valence-corrected chi connectivity index (χ1v) is 42.1. The summed E-state index contributed by atoms with van der Waals surface area (Å²) < 4.78 is 61.1. The molecule has 0 radical (unpaired) electrons. The summed E-state index contributed by atoms with van der Waals surface area (Å²) in [6.07, 6.45) is 98.0. The lowest BCUT2D eigenvalue weighted by Crippen LogP contribution is -2.30. The number of carbonyl (C=O) groups excluding carboxylic acids is 3. The monoisotopic (exact) mass is 1480 g/mol. The van der Waals surface area contributed by atoms with Crippen LogP contribution < -0.4 is 0 Å². The van der Waals surface area contributed by atoms with E-state index < -0.39 is 91.5 Å². The van der Waals surface area contributed by atoms with Gasteiger partial charge in [-0.2, -0.15) is 0 Å². The number of aliphatic hydroxyl groups excluding tert-OH is 2. The van der Waals surface area contributed by atoms with Gasteiger partial charge in [-0.15, -0.1) is 0 Å². The van der Waals surface area contributed by atoms with Crippen LogP contribution in [-0.2, 0) is 55.8 Å². The Morgan fingerprint density at radius 3 is 0.845 bits per heavy atom. The van der Waals surface area contributed by atoms with Crippen LogP contribution in [0.25, 0.3) is 0 Å². The summed E-state index contributed by atoms with van der Waals surface area (Å²) in [4.78, 5) is 58.6. The summed E-state index contributed by atoms with van der Waals surface area (Å²) in [7, 11) is -9.83. The smallest absolute Gasteiger partial charge is 0.463 e. The highest BCUT2D eigenvalue weighted by Gasteiger charge is 2.29. The van der Waals surface area contributed by atoms with Gasteiger partial charge in [0, 0.05) is 19.3 Å². The van der Waals surface area contributed by atoms with Crippen LogP contribution in [0.15, 0.2) is 182 Å². The largest absolute Gasteiger partial charge is 0.472 e. The lowest BCUT2D eigenvalue weighted by molar-refractivity contribution is -0.161. The second-order valence-electron chi connectivity index (χ2n) is 25.4. The molecule has 16 nitrogen and oxygen atoms in total. The van der Waals surface area contributed by atoms with Crippen molar-refractivity contribution in [1.29, 1.82) is 0 Å². The number of aliphatic hydroxyl groups is 2. The van der Waals surface area contributed by atoms with Crippen molar-refractivity contribution in [1.82, 2.24) is 0 Å². The second kappa shape index (κ2) is 76.3. The van der Waals surface area contributed by atoms with Crippen LogP contribution >= 0.6 is 15.6 Å². The van der Waals surface area contributed by atoms with E-state index >= 15 is 0 Å². The van der Waals surface area contributed by atoms with Gasteiger partial charge in [0.1, 0.15) is 25.4 Å². The third kappa shape index (κ3) is 77.6.